The first kappa shape index (κ1) is 32.6. The monoisotopic (exact) mass is 643 g/mol. The maximum Gasteiger partial charge on any atom is 0.416 e. The number of alkyl halides is 6. The summed E-state index contributed by atoms with van der Waals surface area (Å²) in [7, 11) is 0. The first-order valence-electron chi connectivity index (χ1n) is 13.1. The zero-order chi connectivity index (χ0) is 32.7. The highest BCUT2D eigenvalue weighted by molar-refractivity contribution is 6.31. The Morgan fingerprint density at radius 2 is 1.75 bits per heavy atom. The van der Waals surface area contributed by atoms with Crippen LogP contribution in [0.5, 0.6) is 0 Å². The van der Waals surface area contributed by atoms with Crippen molar-refractivity contribution in [3.05, 3.63) is 106 Å². The quantitative estimate of drug-likeness (QED) is 0.176. The average molecular weight is 644 g/mol. The number of fused-ring (bicyclic) bond motifs is 3. The van der Waals surface area contributed by atoms with Gasteiger partial charge in [-0.1, -0.05) is 38.6 Å². The summed E-state index contributed by atoms with van der Waals surface area (Å²) < 4.78 is 112. The van der Waals surface area contributed by atoms with E-state index in [1.807, 2.05) is 13.8 Å². The molecule has 0 radical (unpaired) electrons. The Hall–Kier alpha value is -4.26. The summed E-state index contributed by atoms with van der Waals surface area (Å²) in [5, 5.41) is 14.3. The molecule has 1 aromatic heterocycles. The number of anilines is 1. The van der Waals surface area contributed by atoms with Gasteiger partial charge >= 0.3 is 6.18 Å². The molecular formula is C30H26ClF8N5. The van der Waals surface area contributed by atoms with E-state index in [1.54, 1.807) is 0 Å². The summed E-state index contributed by atoms with van der Waals surface area (Å²) in [5.41, 5.74) is -1.54. The van der Waals surface area contributed by atoms with Crippen molar-refractivity contribution in [2.24, 2.45) is 0 Å². The second kappa shape index (κ2) is 12.4. The molecule has 2 heterocycles. The van der Waals surface area contributed by atoms with Gasteiger partial charge in [0.15, 0.2) is 6.80 Å². The molecule has 0 spiro atoms. The molecule has 0 aliphatic carbocycles. The fourth-order valence-electron chi connectivity index (χ4n) is 5.12. The molecule has 3 aromatic carbocycles. The average Bonchev–Trinajstić information content (AvgIpc) is 3.43. The van der Waals surface area contributed by atoms with Gasteiger partial charge in [0.25, 0.3) is 6.43 Å². The van der Waals surface area contributed by atoms with Crippen molar-refractivity contribution in [3.63, 3.8) is 0 Å². The Morgan fingerprint density at radius 1 is 1.07 bits per heavy atom. The van der Waals surface area contributed by atoms with Crippen molar-refractivity contribution in [3.8, 4) is 0 Å². The SMILES string of the molecule is C=C(Nc1cc2c(c3c1C(c1cc(F)ccc1Cl)NC3=C)n(CF)c(=N)n2CC(F)F)c1cc(F)cc(C(F)(F)F)c1.CC. The molecule has 0 saturated carbocycles. The van der Waals surface area contributed by atoms with E-state index in [0.29, 0.717) is 12.1 Å². The highest BCUT2D eigenvalue weighted by Gasteiger charge is 2.36. The summed E-state index contributed by atoms with van der Waals surface area (Å²) >= 11 is 6.38. The molecule has 3 N–H and O–H groups in total. The maximum absolute atomic E-state index is 14.3. The molecule has 5 rings (SSSR count). The van der Waals surface area contributed by atoms with Gasteiger partial charge in [-0.15, -0.1) is 0 Å². The molecule has 0 saturated heterocycles. The van der Waals surface area contributed by atoms with Gasteiger partial charge in [-0.2, -0.15) is 13.2 Å². The maximum atomic E-state index is 14.3. The van der Waals surface area contributed by atoms with Crippen LogP contribution in [-0.4, -0.2) is 15.6 Å². The third-order valence-corrected chi connectivity index (χ3v) is 7.21. The van der Waals surface area contributed by atoms with E-state index in [4.69, 9.17) is 17.0 Å². The Kier molecular flexibility index (Phi) is 9.19. The predicted molar refractivity (Wildman–Crippen MR) is 154 cm³/mol. The van der Waals surface area contributed by atoms with Crippen LogP contribution in [0.15, 0.2) is 55.6 Å². The fraction of sp³-hybridized carbons (Fsp3) is 0.233. The number of rotatable bonds is 7. The van der Waals surface area contributed by atoms with Crippen LogP contribution in [0.25, 0.3) is 22.4 Å². The van der Waals surface area contributed by atoms with Crippen molar-refractivity contribution >= 4 is 39.7 Å². The summed E-state index contributed by atoms with van der Waals surface area (Å²) in [6, 6.07) is 5.69. The van der Waals surface area contributed by atoms with E-state index in [2.05, 4.69) is 23.8 Å². The van der Waals surface area contributed by atoms with E-state index in [0.717, 1.165) is 27.3 Å². The van der Waals surface area contributed by atoms with Gasteiger partial charge in [0.1, 0.15) is 11.6 Å². The minimum absolute atomic E-state index is 0.0203. The van der Waals surface area contributed by atoms with Gasteiger partial charge in [-0.3, -0.25) is 9.98 Å². The van der Waals surface area contributed by atoms with Crippen LogP contribution in [0.1, 0.15) is 47.7 Å². The van der Waals surface area contributed by atoms with Crippen molar-refractivity contribution in [2.75, 3.05) is 5.32 Å². The van der Waals surface area contributed by atoms with Crippen LogP contribution in [-0.2, 0) is 19.5 Å². The van der Waals surface area contributed by atoms with Crippen LogP contribution in [0.3, 0.4) is 0 Å². The molecule has 4 aromatic rings. The minimum atomic E-state index is -4.86. The lowest BCUT2D eigenvalue weighted by Crippen LogP contribution is -2.26. The van der Waals surface area contributed by atoms with Crippen molar-refractivity contribution < 1.29 is 35.1 Å². The lowest BCUT2D eigenvalue weighted by Gasteiger charge is -2.21. The van der Waals surface area contributed by atoms with E-state index >= 15 is 0 Å². The number of nitrogens with one attached hydrogen (secondary N) is 3. The van der Waals surface area contributed by atoms with Gasteiger partial charge in [0.2, 0.25) is 5.62 Å². The van der Waals surface area contributed by atoms with Crippen LogP contribution in [0.2, 0.25) is 5.02 Å². The molecule has 1 atom stereocenters. The molecule has 0 amide bonds. The van der Waals surface area contributed by atoms with E-state index in [9.17, 15) is 35.1 Å². The Labute approximate surface area is 251 Å². The standard InChI is InChI=1S/C28H20ClF8N5.C2H6/c1-12(14-5-15(28(35,36)37)7-17(32)6-14)39-20-9-21-26(42(11-30)27(38)41(21)10-22(33)34)23-13(2)40-25(24(20)23)18-8-16(31)3-4-19(18)29;1-2/h3-9,22,25,38-40H,1-2,10-11H2;1-2H3. The summed E-state index contributed by atoms with van der Waals surface area (Å²) in [6.07, 6.45) is -7.79. The largest absolute Gasteiger partial charge is 0.416 e. The van der Waals surface area contributed by atoms with E-state index < -0.39 is 54.8 Å². The molecule has 0 fully saturated rings. The summed E-state index contributed by atoms with van der Waals surface area (Å²) in [6.45, 7) is 9.46. The van der Waals surface area contributed by atoms with Gasteiger partial charge < -0.3 is 15.2 Å². The second-order valence-corrected chi connectivity index (χ2v) is 9.91. The molecule has 14 heteroatoms. The Balaban J connectivity index is 0.00000216. The number of imidazole rings is 1. The summed E-state index contributed by atoms with van der Waals surface area (Å²) in [4.78, 5) is 0. The highest BCUT2D eigenvalue weighted by atomic mass is 35.5. The number of nitrogens with zero attached hydrogens (tertiary/aromatic N) is 2. The number of aromatic nitrogens is 2. The molecule has 1 unspecified atom stereocenters. The zero-order valence-corrected chi connectivity index (χ0v) is 24.1. The van der Waals surface area contributed by atoms with Crippen LogP contribution in [0, 0.1) is 17.0 Å². The molecule has 44 heavy (non-hydrogen) atoms. The predicted octanol–water partition coefficient (Wildman–Crippen LogP) is 8.84. The minimum Gasteiger partial charge on any atom is -0.374 e. The first-order chi connectivity index (χ1) is 20.7. The van der Waals surface area contributed by atoms with Gasteiger partial charge in [0, 0.05) is 44.4 Å². The molecule has 5 nitrogen and oxygen atoms in total. The van der Waals surface area contributed by atoms with Crippen molar-refractivity contribution in [2.45, 2.75) is 45.8 Å². The van der Waals surface area contributed by atoms with Crippen LogP contribution >= 0.6 is 11.6 Å². The van der Waals surface area contributed by atoms with Crippen molar-refractivity contribution in [1.82, 2.24) is 14.5 Å². The number of halogens is 9. The third kappa shape index (κ3) is 5.92. The number of benzene rings is 3. The first-order valence-corrected chi connectivity index (χ1v) is 13.5. The lowest BCUT2D eigenvalue weighted by molar-refractivity contribution is -0.137. The van der Waals surface area contributed by atoms with Crippen molar-refractivity contribution in [1.29, 1.82) is 5.41 Å². The second-order valence-electron chi connectivity index (χ2n) is 9.51. The topological polar surface area (TPSA) is 57.8 Å². The molecule has 0 bridgehead atoms. The van der Waals surface area contributed by atoms with Crippen LogP contribution in [0.4, 0.5) is 40.8 Å². The summed E-state index contributed by atoms with van der Waals surface area (Å²) in [5.74, 6) is -1.83. The van der Waals surface area contributed by atoms with E-state index in [-0.39, 0.29) is 55.4 Å². The molecular weight excluding hydrogens is 618 g/mol. The van der Waals surface area contributed by atoms with Gasteiger partial charge in [-0.05, 0) is 42.5 Å². The van der Waals surface area contributed by atoms with Crippen LogP contribution < -0.4 is 16.3 Å². The number of hydrogen-bond acceptors (Lipinski definition) is 3. The molecule has 1 aliphatic heterocycles. The Morgan fingerprint density at radius 3 is 2.36 bits per heavy atom. The molecule has 234 valence electrons. The van der Waals surface area contributed by atoms with Gasteiger partial charge in [-0.25, -0.2) is 22.0 Å². The number of hydrogen-bond donors (Lipinski definition) is 3. The third-order valence-electron chi connectivity index (χ3n) is 6.87. The zero-order valence-electron chi connectivity index (χ0n) is 23.3. The molecule has 1 aliphatic rings. The highest BCUT2D eigenvalue weighted by Crippen LogP contribution is 2.47. The fourth-order valence-corrected chi connectivity index (χ4v) is 5.34. The normalized spacial score (nSPS) is 14.4. The van der Waals surface area contributed by atoms with E-state index in [1.165, 1.54) is 12.1 Å². The Bertz CT molecular complexity index is 1820. The van der Waals surface area contributed by atoms with Gasteiger partial charge in [0.05, 0.1) is 29.2 Å². The lowest BCUT2D eigenvalue weighted by atomic mass is 9.94. The smallest absolute Gasteiger partial charge is 0.374 e.